The molecule has 2 rings (SSSR count). The predicted molar refractivity (Wildman–Crippen MR) is 79.4 cm³/mol. The fourth-order valence-electron chi connectivity index (χ4n) is 1.61. The number of nitrogens with one attached hydrogen (secondary N) is 1. The summed E-state index contributed by atoms with van der Waals surface area (Å²) in [4.78, 5) is 14.4. The van der Waals surface area contributed by atoms with E-state index in [1.165, 1.54) is 36.8 Å². The Morgan fingerprint density at radius 1 is 1.57 bits per heavy atom. The second kappa shape index (κ2) is 6.18. The van der Waals surface area contributed by atoms with Crippen LogP contribution in [0.5, 0.6) is 11.5 Å². The quantitative estimate of drug-likeness (QED) is 0.499. The zero-order chi connectivity index (χ0) is 15.4. The van der Waals surface area contributed by atoms with Crippen LogP contribution in [-0.4, -0.2) is 28.3 Å². The van der Waals surface area contributed by atoms with E-state index < -0.39 is 4.92 Å². The van der Waals surface area contributed by atoms with E-state index in [0.29, 0.717) is 10.7 Å². The molecule has 0 unspecified atom stereocenters. The Morgan fingerprint density at radius 2 is 2.33 bits per heavy atom. The van der Waals surface area contributed by atoms with Crippen molar-refractivity contribution in [3.63, 3.8) is 0 Å². The number of methoxy groups -OCH3 is 1. The van der Waals surface area contributed by atoms with E-state index in [0.717, 1.165) is 5.69 Å². The fourth-order valence-corrected chi connectivity index (χ4v) is 2.24. The number of thiazole rings is 1. The molecular formula is C12H12N4O4S. The number of aromatic nitrogens is 1. The van der Waals surface area contributed by atoms with Crippen LogP contribution in [0.4, 0.5) is 10.8 Å². The summed E-state index contributed by atoms with van der Waals surface area (Å²) < 4.78 is 4.81. The SMILES string of the molecule is COc1c(O)cc(C=NNc2nc(C)cs2)cc1[N+](=O)[O-]. The van der Waals surface area contributed by atoms with Crippen LogP contribution in [0.15, 0.2) is 22.6 Å². The normalized spacial score (nSPS) is 10.8. The monoisotopic (exact) mass is 308 g/mol. The maximum atomic E-state index is 10.9. The number of benzene rings is 1. The van der Waals surface area contributed by atoms with Gasteiger partial charge in [-0.25, -0.2) is 4.98 Å². The van der Waals surface area contributed by atoms with Gasteiger partial charge in [0.1, 0.15) is 0 Å². The van der Waals surface area contributed by atoms with Crippen LogP contribution in [0.3, 0.4) is 0 Å². The smallest absolute Gasteiger partial charge is 0.315 e. The van der Waals surface area contributed by atoms with Gasteiger partial charge in [0, 0.05) is 17.0 Å². The number of rotatable bonds is 5. The van der Waals surface area contributed by atoms with Gasteiger partial charge in [-0.3, -0.25) is 15.5 Å². The molecule has 0 spiro atoms. The zero-order valence-electron chi connectivity index (χ0n) is 11.2. The molecule has 1 heterocycles. The van der Waals surface area contributed by atoms with Crippen LogP contribution in [-0.2, 0) is 0 Å². The lowest BCUT2D eigenvalue weighted by Gasteiger charge is -2.05. The Morgan fingerprint density at radius 3 is 2.90 bits per heavy atom. The van der Waals surface area contributed by atoms with E-state index in [-0.39, 0.29) is 17.2 Å². The van der Waals surface area contributed by atoms with E-state index in [2.05, 4.69) is 15.5 Å². The van der Waals surface area contributed by atoms with E-state index in [9.17, 15) is 15.2 Å². The van der Waals surface area contributed by atoms with Crippen molar-refractivity contribution in [2.24, 2.45) is 5.10 Å². The maximum Gasteiger partial charge on any atom is 0.315 e. The Labute approximate surface area is 123 Å². The molecule has 0 radical (unpaired) electrons. The fraction of sp³-hybridized carbons (Fsp3) is 0.167. The largest absolute Gasteiger partial charge is 0.504 e. The number of nitrogens with zero attached hydrogens (tertiary/aromatic N) is 3. The van der Waals surface area contributed by atoms with Crippen molar-refractivity contribution in [2.75, 3.05) is 12.5 Å². The summed E-state index contributed by atoms with van der Waals surface area (Å²) in [6.45, 7) is 1.86. The summed E-state index contributed by atoms with van der Waals surface area (Å²) in [5.41, 5.74) is 3.61. The second-order valence-corrected chi connectivity index (χ2v) is 4.87. The topological polar surface area (TPSA) is 110 Å². The molecule has 0 fully saturated rings. The molecule has 0 bridgehead atoms. The van der Waals surface area contributed by atoms with Crippen LogP contribution < -0.4 is 10.2 Å². The van der Waals surface area contributed by atoms with Gasteiger partial charge < -0.3 is 9.84 Å². The highest BCUT2D eigenvalue weighted by Gasteiger charge is 2.19. The molecule has 110 valence electrons. The van der Waals surface area contributed by atoms with Crippen molar-refractivity contribution in [3.05, 3.63) is 38.9 Å². The van der Waals surface area contributed by atoms with Crippen LogP contribution in [0, 0.1) is 17.0 Å². The molecule has 0 aliphatic carbocycles. The predicted octanol–water partition coefficient (Wildman–Crippen LogP) is 2.52. The molecule has 9 heteroatoms. The lowest BCUT2D eigenvalue weighted by molar-refractivity contribution is -0.385. The molecule has 21 heavy (non-hydrogen) atoms. The molecule has 1 aromatic heterocycles. The zero-order valence-corrected chi connectivity index (χ0v) is 12.0. The van der Waals surface area contributed by atoms with Gasteiger partial charge in [0.15, 0.2) is 5.75 Å². The average Bonchev–Trinajstić information content (AvgIpc) is 2.83. The summed E-state index contributed by atoms with van der Waals surface area (Å²) in [6, 6.07) is 2.58. The van der Waals surface area contributed by atoms with Crippen molar-refractivity contribution < 1.29 is 14.8 Å². The van der Waals surface area contributed by atoms with Crippen LogP contribution >= 0.6 is 11.3 Å². The van der Waals surface area contributed by atoms with Crippen LogP contribution in [0.25, 0.3) is 0 Å². The number of phenolic OH excluding ortho intramolecular Hbond substituents is 1. The van der Waals surface area contributed by atoms with Gasteiger partial charge in [-0.05, 0) is 13.0 Å². The minimum absolute atomic E-state index is 0.180. The number of ether oxygens (including phenoxy) is 1. The molecule has 8 nitrogen and oxygen atoms in total. The molecule has 0 aliphatic heterocycles. The number of phenols is 1. The Kier molecular flexibility index (Phi) is 4.33. The Hall–Kier alpha value is -2.68. The van der Waals surface area contributed by atoms with Crippen molar-refractivity contribution in [1.29, 1.82) is 0 Å². The van der Waals surface area contributed by atoms with E-state index >= 15 is 0 Å². The summed E-state index contributed by atoms with van der Waals surface area (Å²) in [7, 11) is 1.25. The summed E-state index contributed by atoms with van der Waals surface area (Å²) in [5, 5.41) is 27.0. The van der Waals surface area contributed by atoms with Crippen molar-refractivity contribution in [2.45, 2.75) is 6.92 Å². The Bertz CT molecular complexity index is 699. The molecule has 1 aromatic carbocycles. The number of nitro groups is 1. The van der Waals surface area contributed by atoms with Gasteiger partial charge in [0.2, 0.25) is 10.9 Å². The third-order valence-corrected chi connectivity index (χ3v) is 3.33. The third-order valence-electron chi connectivity index (χ3n) is 2.47. The van der Waals surface area contributed by atoms with Gasteiger partial charge in [0.25, 0.3) is 0 Å². The minimum atomic E-state index is -0.631. The first-order valence-corrected chi connectivity index (χ1v) is 6.66. The van der Waals surface area contributed by atoms with Crippen molar-refractivity contribution in [3.8, 4) is 11.5 Å². The number of nitro benzene ring substituents is 1. The van der Waals surface area contributed by atoms with Gasteiger partial charge >= 0.3 is 5.69 Å². The third kappa shape index (κ3) is 3.45. The number of hydrogen-bond donors (Lipinski definition) is 2. The van der Waals surface area contributed by atoms with E-state index in [1.807, 2.05) is 12.3 Å². The lowest BCUT2D eigenvalue weighted by atomic mass is 10.2. The molecule has 0 amide bonds. The first-order valence-electron chi connectivity index (χ1n) is 5.78. The molecular weight excluding hydrogens is 296 g/mol. The number of aryl methyl sites for hydroxylation is 1. The van der Waals surface area contributed by atoms with Gasteiger partial charge in [-0.1, -0.05) is 0 Å². The highest BCUT2D eigenvalue weighted by molar-refractivity contribution is 7.13. The number of anilines is 1. The summed E-state index contributed by atoms with van der Waals surface area (Å²) >= 11 is 1.39. The standard InChI is InChI=1S/C12H12N4O4S/c1-7-6-21-12(14-7)15-13-5-8-3-9(16(18)19)11(20-2)10(17)4-8/h3-6,17H,1-2H3,(H,14,15). The number of hydrazone groups is 1. The van der Waals surface area contributed by atoms with Crippen LogP contribution in [0.2, 0.25) is 0 Å². The first kappa shape index (κ1) is 14.7. The van der Waals surface area contributed by atoms with Gasteiger partial charge in [-0.15, -0.1) is 11.3 Å². The van der Waals surface area contributed by atoms with Gasteiger partial charge in [-0.2, -0.15) is 5.10 Å². The highest BCUT2D eigenvalue weighted by Crippen LogP contribution is 2.36. The molecule has 0 aliphatic rings. The molecule has 2 aromatic rings. The number of hydrogen-bond acceptors (Lipinski definition) is 8. The van der Waals surface area contributed by atoms with E-state index in [4.69, 9.17) is 4.74 Å². The summed E-state index contributed by atoms with van der Waals surface area (Å²) in [5.74, 6) is -0.501. The molecule has 0 saturated carbocycles. The van der Waals surface area contributed by atoms with Crippen molar-refractivity contribution in [1.82, 2.24) is 4.98 Å². The highest BCUT2D eigenvalue weighted by atomic mass is 32.1. The maximum absolute atomic E-state index is 10.9. The molecule has 2 N–H and O–H groups in total. The lowest BCUT2D eigenvalue weighted by Crippen LogP contribution is -1.97. The van der Waals surface area contributed by atoms with Crippen LogP contribution in [0.1, 0.15) is 11.3 Å². The van der Waals surface area contributed by atoms with Gasteiger partial charge in [0.05, 0.1) is 23.9 Å². The molecule has 0 atom stereocenters. The molecule has 0 saturated heterocycles. The average molecular weight is 308 g/mol. The Balaban J connectivity index is 2.22. The second-order valence-electron chi connectivity index (χ2n) is 4.01. The first-order chi connectivity index (χ1) is 10.0. The minimum Gasteiger partial charge on any atom is -0.504 e. The van der Waals surface area contributed by atoms with Crippen molar-refractivity contribution >= 4 is 28.4 Å². The number of aromatic hydroxyl groups is 1. The van der Waals surface area contributed by atoms with E-state index in [1.54, 1.807) is 0 Å². The summed E-state index contributed by atoms with van der Waals surface area (Å²) in [6.07, 6.45) is 1.35.